The van der Waals surface area contributed by atoms with Crippen LogP contribution in [0, 0.1) is 5.82 Å². The molecule has 2 fully saturated rings. The molecule has 1 unspecified atom stereocenters. The summed E-state index contributed by atoms with van der Waals surface area (Å²) in [5.41, 5.74) is 3.30. The number of hydrogen-bond acceptors (Lipinski definition) is 8. The molecule has 9 nitrogen and oxygen atoms in total. The highest BCUT2D eigenvalue weighted by Gasteiger charge is 2.45. The third-order valence-electron chi connectivity index (χ3n) is 8.02. The predicted molar refractivity (Wildman–Crippen MR) is 150 cm³/mol. The zero-order valence-corrected chi connectivity index (χ0v) is 22.5. The normalized spacial score (nSPS) is 19.6. The summed E-state index contributed by atoms with van der Waals surface area (Å²) < 4.78 is 13.2. The van der Waals surface area contributed by atoms with Gasteiger partial charge in [-0.05, 0) is 41.8 Å². The Bertz CT molecular complexity index is 1500. The lowest BCUT2D eigenvalue weighted by atomic mass is 9.92. The Morgan fingerprint density at radius 1 is 0.878 bits per heavy atom. The van der Waals surface area contributed by atoms with Gasteiger partial charge in [-0.3, -0.25) is 29.0 Å². The number of amides is 2. The molecule has 1 atom stereocenters. The number of aromatic nitrogens is 1. The second-order valence-electron chi connectivity index (χ2n) is 10.7. The van der Waals surface area contributed by atoms with E-state index in [1.807, 2.05) is 12.1 Å². The lowest BCUT2D eigenvalue weighted by Gasteiger charge is -2.35. The molecule has 3 heterocycles. The molecule has 10 heteroatoms. The average Bonchev–Trinajstić information content (AvgIpc) is 3.23. The molecule has 0 bridgehead atoms. The van der Waals surface area contributed by atoms with E-state index in [0.717, 1.165) is 49.0 Å². The number of rotatable bonds is 7. The van der Waals surface area contributed by atoms with Gasteiger partial charge in [0.05, 0.1) is 29.8 Å². The number of nitrogens with zero attached hydrogens (tertiary/aromatic N) is 4. The van der Waals surface area contributed by atoms with Crippen molar-refractivity contribution in [2.75, 3.05) is 36.4 Å². The number of imide groups is 1. The summed E-state index contributed by atoms with van der Waals surface area (Å²) in [6.07, 6.45) is 1.38. The van der Waals surface area contributed by atoms with E-state index in [4.69, 9.17) is 0 Å². The van der Waals surface area contributed by atoms with E-state index < -0.39 is 17.9 Å². The summed E-state index contributed by atoms with van der Waals surface area (Å²) in [4.78, 5) is 60.3. The van der Waals surface area contributed by atoms with Crippen LogP contribution in [0.3, 0.4) is 0 Å². The number of hydrogen-bond donors (Lipinski definition) is 1. The first kappa shape index (κ1) is 26.8. The second-order valence-corrected chi connectivity index (χ2v) is 10.7. The Labute approximate surface area is 236 Å². The molecule has 6 rings (SSSR count). The van der Waals surface area contributed by atoms with Crippen LogP contribution in [0.25, 0.3) is 0 Å². The van der Waals surface area contributed by atoms with Gasteiger partial charge >= 0.3 is 0 Å². The van der Waals surface area contributed by atoms with Crippen molar-refractivity contribution in [1.82, 2.24) is 14.8 Å². The molecule has 1 N–H and O–H groups in total. The first-order chi connectivity index (χ1) is 19.9. The van der Waals surface area contributed by atoms with Crippen LogP contribution in [0.2, 0.25) is 0 Å². The Morgan fingerprint density at radius 3 is 2.34 bits per heavy atom. The van der Waals surface area contributed by atoms with Gasteiger partial charge in [0.15, 0.2) is 5.78 Å². The first-order valence-corrected chi connectivity index (χ1v) is 13.8. The minimum atomic E-state index is -0.886. The zero-order valence-electron chi connectivity index (χ0n) is 22.5. The van der Waals surface area contributed by atoms with Crippen molar-refractivity contribution >= 4 is 34.9 Å². The number of anilines is 2. The van der Waals surface area contributed by atoms with Crippen LogP contribution in [0.5, 0.6) is 0 Å². The largest absolute Gasteiger partial charge is 0.380 e. The Hall–Kier alpha value is -4.44. The number of benzene rings is 2. The molecule has 2 aliphatic heterocycles. The third-order valence-corrected chi connectivity index (χ3v) is 8.02. The zero-order chi connectivity index (χ0) is 28.5. The van der Waals surface area contributed by atoms with E-state index >= 15 is 0 Å². The topological polar surface area (TPSA) is 103 Å². The number of carbonyl (C=O) groups excluding carboxylic acids is 4. The van der Waals surface area contributed by atoms with Crippen LogP contribution < -0.4 is 10.2 Å². The molecule has 41 heavy (non-hydrogen) atoms. The number of nitrogens with one attached hydrogen (secondary N) is 1. The van der Waals surface area contributed by atoms with Crippen molar-refractivity contribution in [3.63, 3.8) is 0 Å². The van der Waals surface area contributed by atoms with Crippen molar-refractivity contribution < 1.29 is 23.6 Å². The average molecular weight is 556 g/mol. The van der Waals surface area contributed by atoms with Gasteiger partial charge in [0.1, 0.15) is 17.4 Å². The third kappa shape index (κ3) is 5.47. The summed E-state index contributed by atoms with van der Waals surface area (Å²) in [7, 11) is 0. The maximum atomic E-state index is 13.3. The molecule has 1 aromatic heterocycles. The smallest absolute Gasteiger partial charge is 0.264 e. The van der Waals surface area contributed by atoms with E-state index in [1.54, 1.807) is 24.3 Å². The highest BCUT2D eigenvalue weighted by Crippen LogP contribution is 2.33. The summed E-state index contributed by atoms with van der Waals surface area (Å²) in [6, 6.07) is 15.6. The lowest BCUT2D eigenvalue weighted by Crippen LogP contribution is -2.47. The van der Waals surface area contributed by atoms with Gasteiger partial charge in [-0.1, -0.05) is 30.3 Å². The van der Waals surface area contributed by atoms with Crippen molar-refractivity contribution in [2.45, 2.75) is 38.4 Å². The van der Waals surface area contributed by atoms with Crippen LogP contribution in [-0.4, -0.2) is 70.4 Å². The highest BCUT2D eigenvalue weighted by atomic mass is 19.1. The second kappa shape index (κ2) is 11.2. The molecule has 0 spiro atoms. The van der Waals surface area contributed by atoms with Gasteiger partial charge < -0.3 is 10.2 Å². The molecular weight excluding hydrogens is 525 g/mol. The quantitative estimate of drug-likeness (QED) is 0.350. The maximum absolute atomic E-state index is 13.3. The lowest BCUT2D eigenvalue weighted by molar-refractivity contribution is -0.132. The van der Waals surface area contributed by atoms with Crippen LogP contribution in [-0.2, 0) is 22.7 Å². The van der Waals surface area contributed by atoms with E-state index in [1.165, 1.54) is 17.8 Å². The minimum Gasteiger partial charge on any atom is -0.380 e. The van der Waals surface area contributed by atoms with Gasteiger partial charge in [0.2, 0.25) is 0 Å². The predicted octanol–water partition coefficient (Wildman–Crippen LogP) is 3.44. The molecule has 1 saturated carbocycles. The molecule has 3 aromatic rings. The van der Waals surface area contributed by atoms with Gasteiger partial charge in [-0.25, -0.2) is 9.37 Å². The van der Waals surface area contributed by atoms with Gasteiger partial charge in [0.25, 0.3) is 11.8 Å². The van der Waals surface area contributed by atoms with Gasteiger partial charge in [0, 0.05) is 51.4 Å². The van der Waals surface area contributed by atoms with Crippen LogP contribution in [0.15, 0.2) is 60.8 Å². The fourth-order valence-corrected chi connectivity index (χ4v) is 5.77. The van der Waals surface area contributed by atoms with Crippen molar-refractivity contribution in [3.8, 4) is 0 Å². The molecule has 2 aromatic carbocycles. The minimum absolute atomic E-state index is 0.154. The van der Waals surface area contributed by atoms with E-state index in [0.29, 0.717) is 12.2 Å². The van der Waals surface area contributed by atoms with Crippen LogP contribution >= 0.6 is 0 Å². The number of Topliss-reactive ketones (excluding diaryl/α,β-unsaturated/α-hetero) is 2. The number of pyridine rings is 1. The van der Waals surface area contributed by atoms with Gasteiger partial charge in [-0.2, -0.15) is 0 Å². The van der Waals surface area contributed by atoms with Crippen molar-refractivity contribution in [2.24, 2.45) is 0 Å². The summed E-state index contributed by atoms with van der Waals surface area (Å²) in [5, 5.41) is 3.29. The fraction of sp³-hybridized carbons (Fsp3) is 0.323. The fourth-order valence-electron chi connectivity index (χ4n) is 5.77. The molecule has 1 saturated heterocycles. The molecule has 210 valence electrons. The first-order valence-electron chi connectivity index (χ1n) is 13.8. The SMILES string of the molecule is O=C1CCC(N2C(=O)c3cccc(NCc4ccc(CN5CCN(c6ccc(F)cn6)CC5)cc4)c3C2=O)C(=O)C1. The van der Waals surface area contributed by atoms with Crippen molar-refractivity contribution in [1.29, 1.82) is 0 Å². The van der Waals surface area contributed by atoms with E-state index in [-0.39, 0.29) is 47.8 Å². The Kier molecular flexibility index (Phi) is 7.32. The van der Waals surface area contributed by atoms with Crippen LogP contribution in [0.4, 0.5) is 15.9 Å². The number of fused-ring (bicyclic) bond motifs is 1. The molecule has 2 amide bonds. The van der Waals surface area contributed by atoms with Crippen molar-refractivity contribution in [3.05, 3.63) is 88.9 Å². The number of piperazine rings is 1. The molecular formula is C31H30FN5O4. The Morgan fingerprint density at radius 2 is 1.63 bits per heavy atom. The van der Waals surface area contributed by atoms with Crippen LogP contribution in [0.1, 0.15) is 51.1 Å². The standard InChI is InChI=1S/C31H30FN5O4/c32-22-8-11-28(34-18-22)36-14-12-35(13-15-36)19-21-6-4-20(5-7-21)17-33-25-3-1-2-24-29(25)31(41)37(30(24)40)26-10-9-23(38)16-27(26)39/h1-8,11,18,26,33H,9-10,12-17,19H2. The molecule has 1 aliphatic carbocycles. The van der Waals surface area contributed by atoms with E-state index in [2.05, 4.69) is 32.2 Å². The molecule has 3 aliphatic rings. The summed E-state index contributed by atoms with van der Waals surface area (Å²) in [6.45, 7) is 4.70. The summed E-state index contributed by atoms with van der Waals surface area (Å²) in [5.74, 6) is -1.05. The number of carbonyl (C=O) groups is 4. The van der Waals surface area contributed by atoms with Gasteiger partial charge in [-0.15, -0.1) is 0 Å². The highest BCUT2D eigenvalue weighted by molar-refractivity contribution is 6.25. The molecule has 0 radical (unpaired) electrons. The maximum Gasteiger partial charge on any atom is 0.264 e. The number of ketones is 2. The van der Waals surface area contributed by atoms with E-state index in [9.17, 15) is 23.6 Å². The Balaban J connectivity index is 1.05. The number of halogens is 1. The monoisotopic (exact) mass is 555 g/mol. The summed E-state index contributed by atoms with van der Waals surface area (Å²) >= 11 is 0.